The summed E-state index contributed by atoms with van der Waals surface area (Å²) in [5.41, 5.74) is 10.2. The van der Waals surface area contributed by atoms with Gasteiger partial charge in [0, 0.05) is 23.3 Å². The lowest BCUT2D eigenvalue weighted by atomic mass is 10.0. The second-order valence-electron chi connectivity index (χ2n) is 4.58. The van der Waals surface area contributed by atoms with Gasteiger partial charge in [0.15, 0.2) is 0 Å². The van der Waals surface area contributed by atoms with Gasteiger partial charge in [-0.15, -0.1) is 0 Å². The normalized spacial score (nSPS) is 10.9. The van der Waals surface area contributed by atoms with Crippen molar-refractivity contribution in [3.63, 3.8) is 0 Å². The van der Waals surface area contributed by atoms with Crippen LogP contribution in [0.1, 0.15) is 5.69 Å². The molecule has 20 heavy (non-hydrogen) atoms. The van der Waals surface area contributed by atoms with Gasteiger partial charge in [0.1, 0.15) is 5.69 Å². The van der Waals surface area contributed by atoms with Gasteiger partial charge in [-0.3, -0.25) is 4.68 Å². The molecule has 2 heterocycles. The van der Waals surface area contributed by atoms with Crippen molar-refractivity contribution >= 4 is 21.8 Å². The molecule has 2 N–H and O–H groups in total. The maximum atomic E-state index is 5.94. The quantitative estimate of drug-likeness (QED) is 0.780. The molecule has 0 aliphatic carbocycles. The van der Waals surface area contributed by atoms with Crippen molar-refractivity contribution in [2.24, 2.45) is 7.05 Å². The Morgan fingerprint density at radius 3 is 2.55 bits per heavy atom. The lowest BCUT2D eigenvalue weighted by molar-refractivity contribution is 0.439. The lowest BCUT2D eigenvalue weighted by Crippen LogP contribution is -1.88. The third-order valence-corrected chi connectivity index (χ3v) is 3.65. The van der Waals surface area contributed by atoms with Gasteiger partial charge in [0.2, 0.25) is 5.88 Å². The van der Waals surface area contributed by atoms with Crippen molar-refractivity contribution in [3.8, 4) is 22.4 Å². The van der Waals surface area contributed by atoms with Crippen LogP contribution < -0.4 is 5.73 Å². The molecular weight excluding hydrogens is 320 g/mol. The predicted molar refractivity (Wildman–Crippen MR) is 81.0 cm³/mol. The number of nitrogens with two attached hydrogens (primary N) is 1. The van der Waals surface area contributed by atoms with Crippen LogP contribution in [0.4, 0.5) is 5.88 Å². The van der Waals surface area contributed by atoms with Gasteiger partial charge in [-0.25, -0.2) is 0 Å². The number of nitrogen functional groups attached to an aromatic ring is 1. The number of benzene rings is 1. The second-order valence-corrected chi connectivity index (χ2v) is 5.49. The Balaban J connectivity index is 2.19. The number of nitrogens with zero attached hydrogens (tertiary/aromatic N) is 3. The molecule has 2 aromatic heterocycles. The van der Waals surface area contributed by atoms with Crippen molar-refractivity contribution in [2.75, 3.05) is 5.73 Å². The molecule has 0 spiro atoms. The third kappa shape index (κ3) is 2.12. The predicted octanol–water partition coefficient (Wildman–Crippen LogP) is 3.40. The Morgan fingerprint density at radius 1 is 1.25 bits per heavy atom. The van der Waals surface area contributed by atoms with Gasteiger partial charge in [-0.1, -0.05) is 33.2 Å². The highest BCUT2D eigenvalue weighted by molar-refractivity contribution is 9.10. The summed E-state index contributed by atoms with van der Waals surface area (Å²) in [6.45, 7) is 1.94. The maximum Gasteiger partial charge on any atom is 0.230 e. The van der Waals surface area contributed by atoms with Crippen LogP contribution in [0.2, 0.25) is 0 Å². The van der Waals surface area contributed by atoms with E-state index in [-0.39, 0.29) is 0 Å². The first-order chi connectivity index (χ1) is 9.56. The van der Waals surface area contributed by atoms with Crippen LogP contribution in [0.3, 0.4) is 0 Å². The van der Waals surface area contributed by atoms with E-state index in [1.807, 2.05) is 44.4 Å². The van der Waals surface area contributed by atoms with Crippen LogP contribution in [0, 0.1) is 6.92 Å². The minimum Gasteiger partial charge on any atom is -0.367 e. The molecule has 0 saturated carbocycles. The molecule has 0 saturated heterocycles. The standard InChI is InChI=1S/C14H13BrN4O/c1-8-11(7-19(2)17-8)13-12(14(16)20-18-13)9-3-5-10(15)6-4-9/h3-7H,16H2,1-2H3. The van der Waals surface area contributed by atoms with Crippen LogP contribution >= 0.6 is 15.9 Å². The summed E-state index contributed by atoms with van der Waals surface area (Å²) < 4.78 is 7.94. The molecule has 0 aliphatic rings. The molecule has 0 unspecified atom stereocenters. The molecule has 0 atom stereocenters. The summed E-state index contributed by atoms with van der Waals surface area (Å²) in [6, 6.07) is 7.87. The fraction of sp³-hybridized carbons (Fsp3) is 0.143. The second kappa shape index (κ2) is 4.79. The van der Waals surface area contributed by atoms with Crippen molar-refractivity contribution in [1.29, 1.82) is 0 Å². The summed E-state index contributed by atoms with van der Waals surface area (Å²) in [5, 5.41) is 8.43. The van der Waals surface area contributed by atoms with E-state index in [9.17, 15) is 0 Å². The van der Waals surface area contributed by atoms with Crippen molar-refractivity contribution < 1.29 is 4.52 Å². The first kappa shape index (κ1) is 12.9. The summed E-state index contributed by atoms with van der Waals surface area (Å²) in [6.07, 6.45) is 1.91. The van der Waals surface area contributed by atoms with E-state index in [4.69, 9.17) is 10.3 Å². The molecule has 0 amide bonds. The van der Waals surface area contributed by atoms with Gasteiger partial charge in [0.05, 0.1) is 11.3 Å². The Kier molecular flexibility index (Phi) is 3.10. The number of hydrogen-bond donors (Lipinski definition) is 1. The molecule has 0 bridgehead atoms. The summed E-state index contributed by atoms with van der Waals surface area (Å²) in [4.78, 5) is 0. The Morgan fingerprint density at radius 2 is 1.95 bits per heavy atom. The van der Waals surface area contributed by atoms with Crippen molar-refractivity contribution in [1.82, 2.24) is 14.9 Å². The third-order valence-electron chi connectivity index (χ3n) is 3.12. The van der Waals surface area contributed by atoms with Gasteiger partial charge < -0.3 is 10.3 Å². The average Bonchev–Trinajstić information content (AvgIpc) is 2.93. The monoisotopic (exact) mass is 332 g/mol. The SMILES string of the molecule is Cc1nn(C)cc1-c1noc(N)c1-c1ccc(Br)cc1. The maximum absolute atomic E-state index is 5.94. The highest BCUT2D eigenvalue weighted by Gasteiger charge is 2.20. The van der Waals surface area contributed by atoms with Crippen LogP contribution in [-0.2, 0) is 7.05 Å². The van der Waals surface area contributed by atoms with Gasteiger partial charge in [-0.05, 0) is 24.6 Å². The zero-order chi connectivity index (χ0) is 14.3. The van der Waals surface area contributed by atoms with Crippen LogP contribution in [0.25, 0.3) is 22.4 Å². The fourth-order valence-corrected chi connectivity index (χ4v) is 2.48. The van der Waals surface area contributed by atoms with Gasteiger partial charge >= 0.3 is 0 Å². The van der Waals surface area contributed by atoms with E-state index in [0.29, 0.717) is 5.88 Å². The zero-order valence-electron chi connectivity index (χ0n) is 11.1. The largest absolute Gasteiger partial charge is 0.367 e. The van der Waals surface area contributed by atoms with Gasteiger partial charge in [-0.2, -0.15) is 5.10 Å². The van der Waals surface area contributed by atoms with Crippen LogP contribution in [0.5, 0.6) is 0 Å². The molecular formula is C14H13BrN4O. The molecule has 0 radical (unpaired) electrons. The van der Waals surface area contributed by atoms with Crippen LogP contribution in [-0.4, -0.2) is 14.9 Å². The van der Waals surface area contributed by atoms with E-state index < -0.39 is 0 Å². The fourth-order valence-electron chi connectivity index (χ4n) is 2.21. The highest BCUT2D eigenvalue weighted by Crippen LogP contribution is 2.37. The average molecular weight is 333 g/mol. The Bertz CT molecular complexity index is 758. The van der Waals surface area contributed by atoms with E-state index >= 15 is 0 Å². The molecule has 6 heteroatoms. The lowest BCUT2D eigenvalue weighted by Gasteiger charge is -2.02. The molecule has 3 aromatic rings. The van der Waals surface area contributed by atoms with E-state index in [0.717, 1.165) is 32.6 Å². The first-order valence-corrected chi connectivity index (χ1v) is 6.87. The molecule has 102 valence electrons. The first-order valence-electron chi connectivity index (χ1n) is 6.08. The van der Waals surface area contributed by atoms with E-state index in [2.05, 4.69) is 26.2 Å². The molecule has 5 nitrogen and oxygen atoms in total. The van der Waals surface area contributed by atoms with Crippen LogP contribution in [0.15, 0.2) is 39.5 Å². The minimum absolute atomic E-state index is 0.311. The molecule has 3 rings (SSSR count). The minimum atomic E-state index is 0.311. The summed E-state index contributed by atoms with van der Waals surface area (Å²) in [5.74, 6) is 0.311. The Labute approximate surface area is 124 Å². The molecule has 0 aliphatic heterocycles. The summed E-state index contributed by atoms with van der Waals surface area (Å²) in [7, 11) is 1.87. The number of rotatable bonds is 2. The van der Waals surface area contributed by atoms with Crippen molar-refractivity contribution in [3.05, 3.63) is 40.6 Å². The number of anilines is 1. The number of halogens is 1. The molecule has 0 fully saturated rings. The van der Waals surface area contributed by atoms with Gasteiger partial charge in [0.25, 0.3) is 0 Å². The van der Waals surface area contributed by atoms with E-state index in [1.54, 1.807) is 4.68 Å². The number of hydrogen-bond acceptors (Lipinski definition) is 4. The molecule has 1 aromatic carbocycles. The topological polar surface area (TPSA) is 69.9 Å². The van der Waals surface area contributed by atoms with Crippen molar-refractivity contribution in [2.45, 2.75) is 6.92 Å². The summed E-state index contributed by atoms with van der Waals surface area (Å²) >= 11 is 3.42. The van der Waals surface area contributed by atoms with E-state index in [1.165, 1.54) is 0 Å². The Hall–Kier alpha value is -2.08. The zero-order valence-corrected chi connectivity index (χ0v) is 12.7. The highest BCUT2D eigenvalue weighted by atomic mass is 79.9. The number of aromatic nitrogens is 3. The smallest absolute Gasteiger partial charge is 0.230 e. The number of aryl methyl sites for hydroxylation is 2.